The Labute approximate surface area is 110 Å². The molecule has 0 bridgehead atoms. The third-order valence-electron chi connectivity index (χ3n) is 2.77. The summed E-state index contributed by atoms with van der Waals surface area (Å²) in [6.45, 7) is 0.416. The van der Waals surface area contributed by atoms with Crippen LogP contribution in [0, 0.1) is 0 Å². The molecule has 0 fully saturated rings. The second-order valence-electron chi connectivity index (χ2n) is 4.36. The van der Waals surface area contributed by atoms with E-state index >= 15 is 0 Å². The van der Waals surface area contributed by atoms with Gasteiger partial charge in [-0.25, -0.2) is 0 Å². The molecule has 2 aromatic rings. The van der Waals surface area contributed by atoms with Gasteiger partial charge in [0.25, 0.3) is 5.91 Å². The highest BCUT2D eigenvalue weighted by molar-refractivity contribution is 5.98. The Morgan fingerprint density at radius 2 is 2.05 bits per heavy atom. The number of aromatic nitrogens is 1. The second-order valence-corrected chi connectivity index (χ2v) is 4.36. The molecule has 0 unspecified atom stereocenters. The van der Waals surface area contributed by atoms with Gasteiger partial charge in [-0.15, -0.1) is 0 Å². The van der Waals surface area contributed by atoms with Gasteiger partial charge in [0.05, 0.1) is 0 Å². The van der Waals surface area contributed by atoms with Crippen molar-refractivity contribution < 1.29 is 9.59 Å². The number of hydrogen-bond donors (Lipinski definition) is 4. The van der Waals surface area contributed by atoms with Crippen LogP contribution in [-0.4, -0.2) is 23.3 Å². The van der Waals surface area contributed by atoms with E-state index in [0.29, 0.717) is 24.3 Å². The van der Waals surface area contributed by atoms with E-state index in [2.05, 4.69) is 10.3 Å². The van der Waals surface area contributed by atoms with Crippen LogP contribution in [0.3, 0.4) is 0 Å². The van der Waals surface area contributed by atoms with Crippen LogP contribution in [0.5, 0.6) is 0 Å². The molecule has 6 nitrogen and oxygen atoms in total. The van der Waals surface area contributed by atoms with Gasteiger partial charge in [0, 0.05) is 29.6 Å². The number of primary amides is 1. The number of carbonyl (C=O) groups is 2. The van der Waals surface area contributed by atoms with Crippen molar-refractivity contribution in [2.45, 2.75) is 12.8 Å². The van der Waals surface area contributed by atoms with Crippen LogP contribution in [0.15, 0.2) is 24.3 Å². The summed E-state index contributed by atoms with van der Waals surface area (Å²) in [5.41, 5.74) is 12.7. The van der Waals surface area contributed by atoms with Gasteiger partial charge >= 0.3 is 0 Å². The van der Waals surface area contributed by atoms with E-state index in [1.54, 1.807) is 18.2 Å². The Kier molecular flexibility index (Phi) is 3.70. The van der Waals surface area contributed by atoms with E-state index in [1.165, 1.54) is 0 Å². The maximum Gasteiger partial charge on any atom is 0.267 e. The number of aromatic amines is 1. The average Bonchev–Trinajstić information content (AvgIpc) is 2.77. The van der Waals surface area contributed by atoms with Crippen molar-refractivity contribution in [2.75, 3.05) is 12.3 Å². The van der Waals surface area contributed by atoms with Gasteiger partial charge in [-0.3, -0.25) is 9.59 Å². The molecular weight excluding hydrogens is 244 g/mol. The molecule has 6 N–H and O–H groups in total. The molecule has 0 radical (unpaired) electrons. The molecule has 0 saturated carbocycles. The van der Waals surface area contributed by atoms with Gasteiger partial charge in [0.15, 0.2) is 0 Å². The second kappa shape index (κ2) is 5.43. The Balaban J connectivity index is 1.99. The maximum absolute atomic E-state index is 11.9. The minimum absolute atomic E-state index is 0.209. The van der Waals surface area contributed by atoms with E-state index in [-0.39, 0.29) is 18.2 Å². The first kappa shape index (κ1) is 12.9. The molecule has 0 aliphatic carbocycles. The highest BCUT2D eigenvalue weighted by Crippen LogP contribution is 2.18. The predicted octanol–water partition coefficient (Wildman–Crippen LogP) is 0.745. The summed E-state index contributed by atoms with van der Waals surface area (Å²) in [4.78, 5) is 25.4. The van der Waals surface area contributed by atoms with Crippen molar-refractivity contribution in [1.82, 2.24) is 10.3 Å². The Morgan fingerprint density at radius 3 is 2.79 bits per heavy atom. The fourth-order valence-corrected chi connectivity index (χ4v) is 1.83. The summed E-state index contributed by atoms with van der Waals surface area (Å²) < 4.78 is 0. The quantitative estimate of drug-likeness (QED) is 0.469. The molecule has 0 saturated heterocycles. The normalized spacial score (nSPS) is 10.5. The van der Waals surface area contributed by atoms with Crippen LogP contribution >= 0.6 is 0 Å². The smallest absolute Gasteiger partial charge is 0.267 e. The summed E-state index contributed by atoms with van der Waals surface area (Å²) in [5.74, 6) is -0.574. The fourth-order valence-electron chi connectivity index (χ4n) is 1.83. The number of nitrogens with one attached hydrogen (secondary N) is 2. The number of nitrogens with two attached hydrogens (primary N) is 2. The van der Waals surface area contributed by atoms with Crippen LogP contribution in [0.2, 0.25) is 0 Å². The Morgan fingerprint density at radius 1 is 1.26 bits per heavy atom. The lowest BCUT2D eigenvalue weighted by atomic mass is 10.2. The summed E-state index contributed by atoms with van der Waals surface area (Å²) >= 11 is 0. The Bertz CT molecular complexity index is 618. The van der Waals surface area contributed by atoms with Gasteiger partial charge in [-0.05, 0) is 30.7 Å². The zero-order valence-corrected chi connectivity index (χ0v) is 10.4. The minimum Gasteiger partial charge on any atom is -0.399 e. The number of fused-ring (bicyclic) bond motifs is 1. The lowest BCUT2D eigenvalue weighted by molar-refractivity contribution is -0.118. The Hall–Kier alpha value is -2.50. The molecule has 0 spiro atoms. The third-order valence-corrected chi connectivity index (χ3v) is 2.77. The number of carbonyl (C=O) groups excluding carboxylic acids is 2. The molecule has 19 heavy (non-hydrogen) atoms. The van der Waals surface area contributed by atoms with Crippen molar-refractivity contribution in [3.8, 4) is 0 Å². The number of hydrogen-bond acceptors (Lipinski definition) is 3. The van der Waals surface area contributed by atoms with Crippen LogP contribution < -0.4 is 16.8 Å². The summed E-state index contributed by atoms with van der Waals surface area (Å²) in [5, 5.41) is 3.61. The standard InChI is InChI=1S/C13H16N4O2/c14-9-3-4-10-8(6-9)7-11(17-10)13(19)16-5-1-2-12(15)18/h3-4,6-7,17H,1-2,5,14H2,(H2,15,18)(H,16,19). The summed E-state index contributed by atoms with van der Waals surface area (Å²) in [6, 6.07) is 7.15. The first-order valence-electron chi connectivity index (χ1n) is 6.01. The van der Waals surface area contributed by atoms with Gasteiger partial charge in [-0.1, -0.05) is 0 Å². The molecule has 0 aliphatic rings. The topological polar surface area (TPSA) is 114 Å². The van der Waals surface area contributed by atoms with Gasteiger partial charge in [0.2, 0.25) is 5.91 Å². The molecule has 100 valence electrons. The van der Waals surface area contributed by atoms with E-state index in [0.717, 1.165) is 10.9 Å². The van der Waals surface area contributed by atoms with Crippen LogP contribution in [0.4, 0.5) is 5.69 Å². The number of nitrogen functional groups attached to an aromatic ring is 1. The molecular formula is C13H16N4O2. The number of rotatable bonds is 5. The van der Waals surface area contributed by atoms with Crippen molar-refractivity contribution in [2.24, 2.45) is 5.73 Å². The molecule has 2 amide bonds. The van der Waals surface area contributed by atoms with E-state index in [9.17, 15) is 9.59 Å². The molecule has 0 atom stereocenters. The highest BCUT2D eigenvalue weighted by atomic mass is 16.2. The predicted molar refractivity (Wildman–Crippen MR) is 73.5 cm³/mol. The first-order valence-corrected chi connectivity index (χ1v) is 6.01. The maximum atomic E-state index is 11.9. The number of anilines is 1. The van der Waals surface area contributed by atoms with Gasteiger partial charge < -0.3 is 21.8 Å². The van der Waals surface area contributed by atoms with E-state index < -0.39 is 0 Å². The van der Waals surface area contributed by atoms with Gasteiger partial charge in [-0.2, -0.15) is 0 Å². The monoisotopic (exact) mass is 260 g/mol. The summed E-state index contributed by atoms with van der Waals surface area (Å²) in [7, 11) is 0. The average molecular weight is 260 g/mol. The first-order chi connectivity index (χ1) is 9.06. The van der Waals surface area contributed by atoms with Crippen LogP contribution in [0.25, 0.3) is 10.9 Å². The molecule has 6 heteroatoms. The van der Waals surface area contributed by atoms with Crippen molar-refractivity contribution in [3.63, 3.8) is 0 Å². The number of H-pyrrole nitrogens is 1. The summed E-state index contributed by atoms with van der Waals surface area (Å²) in [6.07, 6.45) is 0.803. The molecule has 1 aromatic heterocycles. The van der Waals surface area contributed by atoms with Crippen LogP contribution in [0.1, 0.15) is 23.3 Å². The molecule has 1 aromatic carbocycles. The minimum atomic E-state index is -0.365. The molecule has 2 rings (SSSR count). The fraction of sp³-hybridized carbons (Fsp3) is 0.231. The highest BCUT2D eigenvalue weighted by Gasteiger charge is 2.09. The van der Waals surface area contributed by atoms with E-state index in [1.807, 2.05) is 6.07 Å². The van der Waals surface area contributed by atoms with Crippen molar-refractivity contribution in [3.05, 3.63) is 30.0 Å². The largest absolute Gasteiger partial charge is 0.399 e. The zero-order chi connectivity index (χ0) is 13.8. The number of benzene rings is 1. The van der Waals surface area contributed by atoms with Crippen molar-refractivity contribution in [1.29, 1.82) is 0 Å². The number of amides is 2. The van der Waals surface area contributed by atoms with Crippen LogP contribution in [-0.2, 0) is 4.79 Å². The molecule has 0 aliphatic heterocycles. The lowest BCUT2D eigenvalue weighted by Crippen LogP contribution is -2.25. The molecule has 1 heterocycles. The van der Waals surface area contributed by atoms with Crippen molar-refractivity contribution >= 4 is 28.4 Å². The lowest BCUT2D eigenvalue weighted by Gasteiger charge is -2.01. The van der Waals surface area contributed by atoms with Gasteiger partial charge in [0.1, 0.15) is 5.69 Å². The third kappa shape index (κ3) is 3.25. The zero-order valence-electron chi connectivity index (χ0n) is 10.4. The van der Waals surface area contributed by atoms with E-state index in [4.69, 9.17) is 11.5 Å². The SMILES string of the molecule is NC(=O)CCCNC(=O)c1cc2cc(N)ccc2[nH]1.